The molecule has 2 atom stereocenters. The molecule has 1 aliphatic carbocycles. The molecule has 5 nitrogen and oxygen atoms in total. The van der Waals surface area contributed by atoms with E-state index in [9.17, 15) is 14.7 Å². The molecule has 1 saturated carbocycles. The van der Waals surface area contributed by atoms with E-state index in [1.54, 1.807) is 24.5 Å². The van der Waals surface area contributed by atoms with E-state index in [-0.39, 0.29) is 18.2 Å². The SMILES string of the molecule is O=C(Cc1ccncc1)NC1(C(=O)O)CC1c1ccccc1. The van der Waals surface area contributed by atoms with Crippen LogP contribution in [0.5, 0.6) is 0 Å². The zero-order valence-electron chi connectivity index (χ0n) is 11.9. The summed E-state index contributed by atoms with van der Waals surface area (Å²) in [5.41, 5.74) is 0.574. The predicted octanol–water partition coefficient (Wildman–Crippen LogP) is 1.75. The lowest BCUT2D eigenvalue weighted by Crippen LogP contribution is -2.45. The summed E-state index contributed by atoms with van der Waals surface area (Å²) in [4.78, 5) is 27.7. The predicted molar refractivity (Wildman–Crippen MR) is 80.3 cm³/mol. The third-order valence-corrected chi connectivity index (χ3v) is 4.02. The summed E-state index contributed by atoms with van der Waals surface area (Å²) in [6, 6.07) is 12.9. The van der Waals surface area contributed by atoms with Crippen molar-refractivity contribution in [2.45, 2.75) is 24.3 Å². The van der Waals surface area contributed by atoms with Crippen molar-refractivity contribution in [3.63, 3.8) is 0 Å². The lowest BCUT2D eigenvalue weighted by molar-refractivity contribution is -0.143. The van der Waals surface area contributed by atoms with Crippen molar-refractivity contribution in [2.24, 2.45) is 0 Å². The fraction of sp³-hybridized carbons (Fsp3) is 0.235. The molecule has 0 radical (unpaired) electrons. The van der Waals surface area contributed by atoms with Crippen LogP contribution in [0, 0.1) is 0 Å². The average molecular weight is 296 g/mol. The van der Waals surface area contributed by atoms with Crippen LogP contribution in [0.1, 0.15) is 23.5 Å². The molecule has 22 heavy (non-hydrogen) atoms. The summed E-state index contributed by atoms with van der Waals surface area (Å²) >= 11 is 0. The van der Waals surface area contributed by atoms with E-state index in [0.717, 1.165) is 11.1 Å². The Morgan fingerprint density at radius 1 is 1.18 bits per heavy atom. The van der Waals surface area contributed by atoms with E-state index in [0.29, 0.717) is 6.42 Å². The highest BCUT2D eigenvalue weighted by atomic mass is 16.4. The monoisotopic (exact) mass is 296 g/mol. The van der Waals surface area contributed by atoms with Crippen LogP contribution in [-0.2, 0) is 16.0 Å². The normalized spacial score (nSPS) is 22.8. The Bertz CT molecular complexity index is 688. The highest BCUT2D eigenvalue weighted by Crippen LogP contribution is 2.51. The first-order valence-corrected chi connectivity index (χ1v) is 7.10. The molecule has 2 aromatic rings. The zero-order valence-corrected chi connectivity index (χ0v) is 11.9. The molecule has 1 aromatic heterocycles. The average Bonchev–Trinajstić information content (AvgIpc) is 3.25. The number of nitrogens with one attached hydrogen (secondary N) is 1. The van der Waals surface area contributed by atoms with Gasteiger partial charge in [0.05, 0.1) is 6.42 Å². The van der Waals surface area contributed by atoms with Crippen LogP contribution >= 0.6 is 0 Å². The first kappa shape index (κ1) is 14.3. The van der Waals surface area contributed by atoms with Gasteiger partial charge in [0.15, 0.2) is 0 Å². The molecule has 0 saturated heterocycles. The lowest BCUT2D eigenvalue weighted by atomic mass is 10.1. The molecule has 2 N–H and O–H groups in total. The van der Waals surface area contributed by atoms with Gasteiger partial charge in [-0.15, -0.1) is 0 Å². The number of aromatic nitrogens is 1. The van der Waals surface area contributed by atoms with E-state index in [1.807, 2.05) is 30.3 Å². The van der Waals surface area contributed by atoms with Crippen molar-refractivity contribution >= 4 is 11.9 Å². The second-order valence-electron chi connectivity index (χ2n) is 5.52. The number of amides is 1. The van der Waals surface area contributed by atoms with E-state index in [4.69, 9.17) is 0 Å². The fourth-order valence-corrected chi connectivity index (χ4v) is 2.76. The van der Waals surface area contributed by atoms with Crippen molar-refractivity contribution in [1.29, 1.82) is 0 Å². The van der Waals surface area contributed by atoms with Crippen LogP contribution in [0.2, 0.25) is 0 Å². The van der Waals surface area contributed by atoms with E-state index in [1.165, 1.54) is 0 Å². The van der Waals surface area contributed by atoms with Crippen molar-refractivity contribution < 1.29 is 14.7 Å². The number of carboxylic acids is 1. The maximum atomic E-state index is 12.2. The summed E-state index contributed by atoms with van der Waals surface area (Å²) in [5, 5.41) is 12.2. The Morgan fingerprint density at radius 2 is 1.86 bits per heavy atom. The first-order valence-electron chi connectivity index (χ1n) is 7.10. The molecule has 1 heterocycles. The maximum absolute atomic E-state index is 12.2. The number of hydrogen-bond donors (Lipinski definition) is 2. The number of nitrogens with zero attached hydrogens (tertiary/aromatic N) is 1. The first-order chi connectivity index (χ1) is 10.6. The van der Waals surface area contributed by atoms with Gasteiger partial charge < -0.3 is 10.4 Å². The Hall–Kier alpha value is -2.69. The molecular formula is C17H16N2O3. The van der Waals surface area contributed by atoms with Crippen LogP contribution in [0.3, 0.4) is 0 Å². The number of carboxylic acid groups (broad SMARTS) is 1. The third kappa shape index (κ3) is 2.70. The van der Waals surface area contributed by atoms with Crippen molar-refractivity contribution in [3.8, 4) is 0 Å². The molecule has 0 bridgehead atoms. The van der Waals surface area contributed by atoms with Crippen LogP contribution in [0.4, 0.5) is 0 Å². The van der Waals surface area contributed by atoms with Crippen molar-refractivity contribution in [1.82, 2.24) is 10.3 Å². The topological polar surface area (TPSA) is 79.3 Å². The van der Waals surface area contributed by atoms with Crippen LogP contribution < -0.4 is 5.32 Å². The van der Waals surface area contributed by atoms with E-state index < -0.39 is 11.5 Å². The summed E-state index contributed by atoms with van der Waals surface area (Å²) in [6.07, 6.45) is 3.80. The van der Waals surface area contributed by atoms with Crippen molar-refractivity contribution in [2.75, 3.05) is 0 Å². The maximum Gasteiger partial charge on any atom is 0.330 e. The molecular weight excluding hydrogens is 280 g/mol. The number of benzene rings is 1. The van der Waals surface area contributed by atoms with Crippen LogP contribution in [-0.4, -0.2) is 27.5 Å². The zero-order chi connectivity index (χ0) is 15.6. The highest BCUT2D eigenvalue weighted by Gasteiger charge is 2.62. The van der Waals surface area contributed by atoms with Gasteiger partial charge in [0.1, 0.15) is 5.54 Å². The van der Waals surface area contributed by atoms with Gasteiger partial charge in [-0.3, -0.25) is 9.78 Å². The van der Waals surface area contributed by atoms with Gasteiger partial charge in [0.2, 0.25) is 5.91 Å². The van der Waals surface area contributed by atoms with Gasteiger partial charge in [-0.2, -0.15) is 0 Å². The molecule has 1 amide bonds. The van der Waals surface area contributed by atoms with Crippen molar-refractivity contribution in [3.05, 3.63) is 66.0 Å². The molecule has 0 aliphatic heterocycles. The number of carbonyl (C=O) groups excluding carboxylic acids is 1. The van der Waals surface area contributed by atoms with E-state index in [2.05, 4.69) is 10.3 Å². The molecule has 112 valence electrons. The van der Waals surface area contributed by atoms with Gasteiger partial charge >= 0.3 is 5.97 Å². The minimum absolute atomic E-state index is 0.152. The largest absolute Gasteiger partial charge is 0.479 e. The molecule has 1 aliphatic rings. The second-order valence-corrected chi connectivity index (χ2v) is 5.52. The standard InChI is InChI=1S/C17H16N2O3/c20-15(10-12-6-8-18-9-7-12)19-17(16(21)22)11-14(17)13-4-2-1-3-5-13/h1-9,14H,10-11H2,(H,19,20)(H,21,22). The van der Waals surface area contributed by atoms with E-state index >= 15 is 0 Å². The molecule has 1 aromatic carbocycles. The second kappa shape index (κ2) is 5.60. The summed E-state index contributed by atoms with van der Waals surface area (Å²) in [7, 11) is 0. The smallest absolute Gasteiger partial charge is 0.330 e. The molecule has 1 fully saturated rings. The van der Waals surface area contributed by atoms with Gasteiger partial charge in [-0.1, -0.05) is 30.3 Å². The Balaban J connectivity index is 1.72. The molecule has 3 rings (SSSR count). The number of pyridine rings is 1. The lowest BCUT2D eigenvalue weighted by Gasteiger charge is -2.15. The summed E-state index contributed by atoms with van der Waals surface area (Å²) in [6.45, 7) is 0. The molecule has 2 unspecified atom stereocenters. The van der Waals surface area contributed by atoms with Crippen LogP contribution in [0.15, 0.2) is 54.9 Å². The Morgan fingerprint density at radius 3 is 2.50 bits per heavy atom. The fourth-order valence-electron chi connectivity index (χ4n) is 2.76. The molecule has 0 spiro atoms. The number of carbonyl (C=O) groups is 2. The quantitative estimate of drug-likeness (QED) is 0.881. The minimum Gasteiger partial charge on any atom is -0.479 e. The van der Waals surface area contributed by atoms with Gasteiger partial charge in [-0.05, 0) is 29.7 Å². The Labute approximate surface area is 128 Å². The third-order valence-electron chi connectivity index (χ3n) is 4.02. The Kier molecular flexibility index (Phi) is 3.63. The van der Waals surface area contributed by atoms with Crippen LogP contribution in [0.25, 0.3) is 0 Å². The number of rotatable bonds is 5. The minimum atomic E-state index is -1.18. The van der Waals surface area contributed by atoms with Gasteiger partial charge in [0.25, 0.3) is 0 Å². The van der Waals surface area contributed by atoms with Gasteiger partial charge in [0, 0.05) is 18.3 Å². The highest BCUT2D eigenvalue weighted by molar-refractivity contribution is 5.92. The summed E-state index contributed by atoms with van der Waals surface area (Å²) < 4.78 is 0. The number of hydrogen-bond acceptors (Lipinski definition) is 3. The summed E-state index contributed by atoms with van der Waals surface area (Å²) in [5.74, 6) is -1.44. The number of aliphatic carboxylic acids is 1. The molecule has 5 heteroatoms. The van der Waals surface area contributed by atoms with Gasteiger partial charge in [-0.25, -0.2) is 4.79 Å².